The maximum Gasteiger partial charge on any atom is 0.115 e. The van der Waals surface area contributed by atoms with E-state index in [-0.39, 0.29) is 6.10 Å². The maximum absolute atomic E-state index is 10.2. The molecule has 3 aliphatic carbocycles. The summed E-state index contributed by atoms with van der Waals surface area (Å²) >= 11 is 0. The van der Waals surface area contributed by atoms with Crippen molar-refractivity contribution < 1.29 is 10.2 Å². The molecule has 4 rings (SSSR count). The molecular weight excluding hydrogens is 272 g/mol. The Balaban J connectivity index is 1.67. The Bertz CT molecular complexity index is 579. The summed E-state index contributed by atoms with van der Waals surface area (Å²) in [5, 5.41) is 20.0. The van der Waals surface area contributed by atoms with Gasteiger partial charge in [-0.25, -0.2) is 0 Å². The monoisotopic (exact) mass is 300 g/mol. The third-order valence-electron chi connectivity index (χ3n) is 7.37. The molecule has 0 saturated heterocycles. The maximum atomic E-state index is 10.2. The van der Waals surface area contributed by atoms with Gasteiger partial charge in [-0.15, -0.1) is 0 Å². The summed E-state index contributed by atoms with van der Waals surface area (Å²) in [6.07, 6.45) is 7.18. The van der Waals surface area contributed by atoms with Gasteiger partial charge in [0.15, 0.2) is 0 Å². The van der Waals surface area contributed by atoms with Crippen molar-refractivity contribution in [1.82, 2.24) is 0 Å². The van der Waals surface area contributed by atoms with E-state index in [1.165, 1.54) is 43.2 Å². The summed E-state index contributed by atoms with van der Waals surface area (Å²) in [4.78, 5) is 0. The van der Waals surface area contributed by atoms with Crippen molar-refractivity contribution in [3.8, 4) is 5.75 Å². The van der Waals surface area contributed by atoms with Crippen molar-refractivity contribution >= 4 is 0 Å². The van der Waals surface area contributed by atoms with Crippen molar-refractivity contribution in [3.63, 3.8) is 0 Å². The summed E-state index contributed by atoms with van der Waals surface area (Å²) < 4.78 is 0. The van der Waals surface area contributed by atoms with E-state index in [4.69, 9.17) is 0 Å². The minimum Gasteiger partial charge on any atom is -0.508 e. The van der Waals surface area contributed by atoms with E-state index in [2.05, 4.69) is 13.0 Å². The number of benzene rings is 1. The highest BCUT2D eigenvalue weighted by molar-refractivity contribution is 5.40. The number of aliphatic hydroxyl groups excluding tert-OH is 1. The van der Waals surface area contributed by atoms with Crippen LogP contribution in [-0.4, -0.2) is 16.3 Å². The largest absolute Gasteiger partial charge is 0.508 e. The highest BCUT2D eigenvalue weighted by atomic mass is 16.3. The Morgan fingerprint density at radius 2 is 2.00 bits per heavy atom. The van der Waals surface area contributed by atoms with Crippen LogP contribution < -0.4 is 0 Å². The highest BCUT2D eigenvalue weighted by Crippen LogP contribution is 2.63. The molecule has 1 aromatic rings. The Kier molecular flexibility index (Phi) is 3.30. The fourth-order valence-electron chi connectivity index (χ4n) is 6.40. The first-order chi connectivity index (χ1) is 10.5. The number of aryl methyl sites for hydroxylation is 1. The van der Waals surface area contributed by atoms with Gasteiger partial charge in [0.05, 0.1) is 6.10 Å². The molecule has 2 N–H and O–H groups in total. The second-order valence-corrected chi connectivity index (χ2v) is 8.27. The van der Waals surface area contributed by atoms with Gasteiger partial charge < -0.3 is 10.2 Å². The Morgan fingerprint density at radius 1 is 1.18 bits per heavy atom. The van der Waals surface area contributed by atoms with Crippen LogP contribution in [0.1, 0.15) is 63.0 Å². The normalized spacial score (nSPS) is 41.4. The average molecular weight is 300 g/mol. The smallest absolute Gasteiger partial charge is 0.115 e. The van der Waals surface area contributed by atoms with Crippen LogP contribution >= 0.6 is 0 Å². The summed E-state index contributed by atoms with van der Waals surface area (Å²) in [5.41, 5.74) is 3.20. The number of phenolic OH excluding ortho intramolecular Hbond substituents is 1. The zero-order valence-corrected chi connectivity index (χ0v) is 13.8. The van der Waals surface area contributed by atoms with Gasteiger partial charge in [-0.3, -0.25) is 0 Å². The van der Waals surface area contributed by atoms with E-state index in [1.807, 2.05) is 19.1 Å². The number of fused-ring (bicyclic) bond motifs is 5. The molecular formula is C20H28O2. The molecule has 22 heavy (non-hydrogen) atoms. The van der Waals surface area contributed by atoms with Crippen LogP contribution in [0.25, 0.3) is 0 Å². The molecule has 0 radical (unpaired) electrons. The molecule has 0 unspecified atom stereocenters. The number of hydrogen-bond acceptors (Lipinski definition) is 2. The quantitative estimate of drug-likeness (QED) is 0.814. The third kappa shape index (κ3) is 1.96. The summed E-state index contributed by atoms with van der Waals surface area (Å²) in [7, 11) is 0. The van der Waals surface area contributed by atoms with Crippen molar-refractivity contribution in [3.05, 3.63) is 29.3 Å². The van der Waals surface area contributed by atoms with Gasteiger partial charge in [0.1, 0.15) is 5.75 Å². The SMILES string of the molecule is C[C@@H](O)[C@H]1CC[C@H]2[C@@H]3CCc4cc(O)ccc4[C@H]3CC[C@]12C. The fourth-order valence-corrected chi connectivity index (χ4v) is 6.40. The Hall–Kier alpha value is -1.02. The standard InChI is InChI=1S/C20H28O2/c1-12(21)18-7-8-19-17-5-3-13-11-14(22)4-6-15(13)16(17)9-10-20(18,19)2/h4,6,11-12,16-19,21-22H,3,5,7-10H2,1-2H3/t12-,16-,17-,18-,19+,20-/m1/s1. The second kappa shape index (κ2) is 4.99. The van der Waals surface area contributed by atoms with E-state index in [9.17, 15) is 10.2 Å². The van der Waals surface area contributed by atoms with Crippen LogP contribution in [-0.2, 0) is 6.42 Å². The zero-order valence-electron chi connectivity index (χ0n) is 13.8. The molecule has 6 atom stereocenters. The van der Waals surface area contributed by atoms with Gasteiger partial charge in [-0.1, -0.05) is 13.0 Å². The summed E-state index contributed by atoms with van der Waals surface area (Å²) in [5.74, 6) is 3.12. The molecule has 0 aliphatic heterocycles. The van der Waals surface area contributed by atoms with Gasteiger partial charge in [0, 0.05) is 0 Å². The molecule has 3 aliphatic rings. The highest BCUT2D eigenvalue weighted by Gasteiger charge is 2.55. The van der Waals surface area contributed by atoms with E-state index in [0.29, 0.717) is 23.0 Å². The first kappa shape index (κ1) is 14.6. The van der Waals surface area contributed by atoms with Crippen LogP contribution in [0.4, 0.5) is 0 Å². The van der Waals surface area contributed by atoms with E-state index in [1.54, 1.807) is 0 Å². The Labute approximate surface area is 133 Å². The van der Waals surface area contributed by atoms with Gasteiger partial charge in [-0.2, -0.15) is 0 Å². The van der Waals surface area contributed by atoms with Gasteiger partial charge >= 0.3 is 0 Å². The number of phenols is 1. The van der Waals surface area contributed by atoms with Crippen LogP contribution in [0.15, 0.2) is 18.2 Å². The number of aliphatic hydroxyl groups is 1. The molecule has 2 saturated carbocycles. The lowest BCUT2D eigenvalue weighted by Crippen LogP contribution is -2.44. The lowest BCUT2D eigenvalue weighted by atomic mass is 9.54. The van der Waals surface area contributed by atoms with Gasteiger partial charge in [0.2, 0.25) is 0 Å². The first-order valence-electron chi connectivity index (χ1n) is 9.00. The number of hydrogen-bond donors (Lipinski definition) is 2. The first-order valence-corrected chi connectivity index (χ1v) is 9.00. The van der Waals surface area contributed by atoms with E-state index < -0.39 is 0 Å². The molecule has 0 heterocycles. The number of rotatable bonds is 1. The van der Waals surface area contributed by atoms with Crippen molar-refractivity contribution in [2.24, 2.45) is 23.2 Å². The lowest BCUT2D eigenvalue weighted by molar-refractivity contribution is -0.0180. The number of aromatic hydroxyl groups is 1. The molecule has 0 bridgehead atoms. The molecule has 1 aromatic carbocycles. The molecule has 2 nitrogen and oxygen atoms in total. The molecule has 120 valence electrons. The minimum atomic E-state index is -0.167. The van der Waals surface area contributed by atoms with Crippen LogP contribution in [0, 0.1) is 23.2 Å². The second-order valence-electron chi connectivity index (χ2n) is 8.27. The van der Waals surface area contributed by atoms with E-state index in [0.717, 1.165) is 18.3 Å². The summed E-state index contributed by atoms with van der Waals surface area (Å²) in [6.45, 7) is 4.44. The lowest BCUT2D eigenvalue weighted by Gasteiger charge is -2.51. The van der Waals surface area contributed by atoms with Crippen molar-refractivity contribution in [2.75, 3.05) is 0 Å². The molecule has 2 heteroatoms. The van der Waals surface area contributed by atoms with Gasteiger partial charge in [0.25, 0.3) is 0 Å². The van der Waals surface area contributed by atoms with Crippen LogP contribution in [0.2, 0.25) is 0 Å². The zero-order chi connectivity index (χ0) is 15.5. The predicted molar refractivity (Wildman–Crippen MR) is 87.9 cm³/mol. The van der Waals surface area contributed by atoms with Crippen molar-refractivity contribution in [2.45, 2.75) is 64.4 Å². The van der Waals surface area contributed by atoms with Crippen LogP contribution in [0.5, 0.6) is 5.75 Å². The third-order valence-corrected chi connectivity index (χ3v) is 7.37. The topological polar surface area (TPSA) is 40.5 Å². The molecule has 2 fully saturated rings. The van der Waals surface area contributed by atoms with Gasteiger partial charge in [-0.05, 0) is 97.8 Å². The van der Waals surface area contributed by atoms with Crippen molar-refractivity contribution in [1.29, 1.82) is 0 Å². The molecule has 0 spiro atoms. The van der Waals surface area contributed by atoms with Crippen LogP contribution in [0.3, 0.4) is 0 Å². The van der Waals surface area contributed by atoms with E-state index >= 15 is 0 Å². The molecule has 0 amide bonds. The summed E-state index contributed by atoms with van der Waals surface area (Å²) in [6, 6.07) is 6.01. The average Bonchev–Trinajstić information content (AvgIpc) is 2.84. The fraction of sp³-hybridized carbons (Fsp3) is 0.700. The predicted octanol–water partition coefficient (Wildman–Crippen LogP) is 4.25. The molecule has 0 aromatic heterocycles. The Morgan fingerprint density at radius 3 is 2.77 bits per heavy atom. The minimum absolute atomic E-state index is 0.167.